The quantitative estimate of drug-likeness (QED) is 0.468. The molecule has 1 aliphatic carbocycles. The van der Waals surface area contributed by atoms with Gasteiger partial charge in [-0.05, 0) is 72.1 Å². The van der Waals surface area contributed by atoms with E-state index in [-0.39, 0.29) is 23.9 Å². The zero-order chi connectivity index (χ0) is 27.9. The summed E-state index contributed by atoms with van der Waals surface area (Å²) < 4.78 is 28.6. The number of fused-ring (bicyclic) bond motifs is 1. The standard InChI is InChI=1S/C29H36FN5O4/c1-18-15-34-17-22(25(14-26(34)31-18)38-21-7-6-8-21)27(36)32-24-10-9-20(13-23(24)30)33-11-12-35(19(2)16-33)28(37)39-29(3,4)5/h9-10,13-15,17,19,21H,6-8,11-12,16H2,1-5H3,(H,32,36)/t19-/m0/s1. The highest BCUT2D eigenvalue weighted by atomic mass is 19.1. The SMILES string of the molecule is Cc1cn2cc(C(=O)Nc3ccc(N4CCN(C(=O)OC(C)(C)C)[C@@H](C)C4)cc3F)c(OC3CCC3)cc2n1. The first-order chi connectivity index (χ1) is 18.5. The first-order valence-electron chi connectivity index (χ1n) is 13.5. The van der Waals surface area contributed by atoms with Crippen LogP contribution in [0.3, 0.4) is 0 Å². The minimum Gasteiger partial charge on any atom is -0.489 e. The first kappa shape index (κ1) is 26.8. The molecule has 10 heteroatoms. The van der Waals surface area contributed by atoms with Crippen LogP contribution in [-0.2, 0) is 4.74 Å². The van der Waals surface area contributed by atoms with Gasteiger partial charge in [0.05, 0.1) is 23.0 Å². The molecule has 2 aromatic heterocycles. The van der Waals surface area contributed by atoms with E-state index in [1.54, 1.807) is 33.7 Å². The molecule has 208 valence electrons. The number of rotatable bonds is 5. The van der Waals surface area contributed by atoms with Gasteiger partial charge >= 0.3 is 6.09 Å². The fourth-order valence-electron chi connectivity index (χ4n) is 4.85. The van der Waals surface area contributed by atoms with Crippen LogP contribution in [0.25, 0.3) is 5.65 Å². The van der Waals surface area contributed by atoms with Gasteiger partial charge < -0.3 is 29.0 Å². The molecule has 0 radical (unpaired) electrons. The molecule has 1 N–H and O–H groups in total. The lowest BCUT2D eigenvalue weighted by molar-refractivity contribution is 0.0159. The second-order valence-electron chi connectivity index (χ2n) is 11.5. The maximum Gasteiger partial charge on any atom is 0.410 e. The van der Waals surface area contributed by atoms with Crippen molar-refractivity contribution in [3.05, 3.63) is 53.7 Å². The van der Waals surface area contributed by atoms with Crippen LogP contribution >= 0.6 is 0 Å². The van der Waals surface area contributed by atoms with E-state index in [0.717, 1.165) is 25.0 Å². The van der Waals surface area contributed by atoms with Crippen molar-refractivity contribution >= 4 is 29.0 Å². The first-order valence-corrected chi connectivity index (χ1v) is 13.5. The number of piperazine rings is 1. The molecule has 3 heterocycles. The van der Waals surface area contributed by atoms with E-state index in [4.69, 9.17) is 9.47 Å². The van der Waals surface area contributed by atoms with Gasteiger partial charge in [0.1, 0.15) is 22.8 Å². The average Bonchev–Trinajstić information content (AvgIpc) is 3.19. The van der Waals surface area contributed by atoms with Crippen molar-refractivity contribution in [2.75, 3.05) is 29.9 Å². The Balaban J connectivity index is 1.29. The Labute approximate surface area is 227 Å². The second-order valence-corrected chi connectivity index (χ2v) is 11.5. The Hall–Kier alpha value is -3.82. The predicted molar refractivity (Wildman–Crippen MR) is 147 cm³/mol. The molecule has 1 atom stereocenters. The van der Waals surface area contributed by atoms with Crippen LogP contribution in [0.2, 0.25) is 0 Å². The molecule has 2 amide bonds. The number of pyridine rings is 1. The number of hydrogen-bond acceptors (Lipinski definition) is 6. The van der Waals surface area contributed by atoms with Crippen LogP contribution in [0.4, 0.5) is 20.6 Å². The molecule has 2 aliphatic rings. The van der Waals surface area contributed by atoms with E-state index in [0.29, 0.717) is 42.3 Å². The number of halogens is 1. The van der Waals surface area contributed by atoms with E-state index in [2.05, 4.69) is 10.3 Å². The van der Waals surface area contributed by atoms with Crippen molar-refractivity contribution in [1.82, 2.24) is 14.3 Å². The van der Waals surface area contributed by atoms with E-state index < -0.39 is 17.3 Å². The van der Waals surface area contributed by atoms with Crippen molar-refractivity contribution in [1.29, 1.82) is 0 Å². The summed E-state index contributed by atoms with van der Waals surface area (Å²) in [7, 11) is 0. The van der Waals surface area contributed by atoms with Gasteiger partial charge in [-0.2, -0.15) is 0 Å². The smallest absolute Gasteiger partial charge is 0.410 e. The molecule has 1 aromatic carbocycles. The maximum absolute atomic E-state index is 15.2. The van der Waals surface area contributed by atoms with Gasteiger partial charge in [0, 0.05) is 49.8 Å². The highest BCUT2D eigenvalue weighted by Gasteiger charge is 2.31. The van der Waals surface area contributed by atoms with Crippen molar-refractivity contribution in [3.63, 3.8) is 0 Å². The summed E-state index contributed by atoms with van der Waals surface area (Å²) in [6.07, 6.45) is 6.23. The second kappa shape index (κ2) is 10.4. The van der Waals surface area contributed by atoms with Crippen LogP contribution in [0.15, 0.2) is 36.7 Å². The number of ether oxygens (including phenoxy) is 2. The van der Waals surface area contributed by atoms with Crippen LogP contribution in [0, 0.1) is 12.7 Å². The number of imidazole rings is 1. The summed E-state index contributed by atoms with van der Waals surface area (Å²) in [6.45, 7) is 10.9. The fourth-order valence-corrected chi connectivity index (χ4v) is 4.85. The minimum atomic E-state index is -0.565. The van der Waals surface area contributed by atoms with Crippen LogP contribution in [0.5, 0.6) is 5.75 Å². The number of amides is 2. The fraction of sp³-hybridized carbons (Fsp3) is 0.483. The lowest BCUT2D eigenvalue weighted by atomic mass is 9.96. The van der Waals surface area contributed by atoms with Gasteiger partial charge in [0.25, 0.3) is 5.91 Å². The zero-order valence-electron chi connectivity index (χ0n) is 23.2. The molecule has 3 aromatic rings. The molecule has 0 spiro atoms. The maximum atomic E-state index is 15.2. The summed E-state index contributed by atoms with van der Waals surface area (Å²) >= 11 is 0. The highest BCUT2D eigenvalue weighted by molar-refractivity contribution is 6.06. The average molecular weight is 538 g/mol. The van der Waals surface area contributed by atoms with Crippen molar-refractivity contribution in [3.8, 4) is 5.75 Å². The Morgan fingerprint density at radius 2 is 1.90 bits per heavy atom. The van der Waals surface area contributed by atoms with E-state index in [1.807, 2.05) is 45.7 Å². The lowest BCUT2D eigenvalue weighted by Gasteiger charge is -2.41. The third kappa shape index (κ3) is 5.94. The molecule has 0 bridgehead atoms. The Morgan fingerprint density at radius 3 is 2.54 bits per heavy atom. The van der Waals surface area contributed by atoms with Crippen LogP contribution in [-0.4, -0.2) is 63.7 Å². The molecular formula is C29H36FN5O4. The molecule has 9 nitrogen and oxygen atoms in total. The number of benzene rings is 1. The number of carbonyl (C=O) groups excluding carboxylic acids is 2. The van der Waals surface area contributed by atoms with Gasteiger partial charge in [-0.15, -0.1) is 0 Å². The van der Waals surface area contributed by atoms with Crippen LogP contribution in [0.1, 0.15) is 63.0 Å². The topological polar surface area (TPSA) is 88.4 Å². The van der Waals surface area contributed by atoms with Crippen molar-refractivity contribution < 1.29 is 23.5 Å². The van der Waals surface area contributed by atoms with Gasteiger partial charge in [-0.1, -0.05) is 0 Å². The van der Waals surface area contributed by atoms with E-state index >= 15 is 4.39 Å². The Bertz CT molecular complexity index is 1390. The number of nitrogens with one attached hydrogen (secondary N) is 1. The predicted octanol–water partition coefficient (Wildman–Crippen LogP) is 5.41. The third-order valence-corrected chi connectivity index (χ3v) is 7.09. The van der Waals surface area contributed by atoms with Crippen LogP contribution < -0.4 is 15.0 Å². The van der Waals surface area contributed by atoms with Gasteiger partial charge in [-0.3, -0.25) is 4.79 Å². The Kier molecular flexibility index (Phi) is 7.13. The summed E-state index contributed by atoms with van der Waals surface area (Å²) in [5.74, 6) is -0.544. The number of aromatic nitrogens is 2. The van der Waals surface area contributed by atoms with Crippen molar-refractivity contribution in [2.45, 2.75) is 71.6 Å². The summed E-state index contributed by atoms with van der Waals surface area (Å²) in [5.41, 5.74) is 2.04. The lowest BCUT2D eigenvalue weighted by Crippen LogP contribution is -2.55. The molecule has 1 saturated heterocycles. The number of hydrogen-bond donors (Lipinski definition) is 1. The highest BCUT2D eigenvalue weighted by Crippen LogP contribution is 2.31. The zero-order valence-corrected chi connectivity index (χ0v) is 23.2. The molecule has 39 heavy (non-hydrogen) atoms. The number of anilines is 2. The molecule has 5 rings (SSSR count). The number of aryl methyl sites for hydroxylation is 1. The largest absolute Gasteiger partial charge is 0.489 e. The molecule has 0 unspecified atom stereocenters. The number of carbonyl (C=O) groups is 2. The Morgan fingerprint density at radius 1 is 1.13 bits per heavy atom. The van der Waals surface area contributed by atoms with E-state index in [1.165, 1.54) is 6.07 Å². The molecule has 1 saturated carbocycles. The summed E-state index contributed by atoms with van der Waals surface area (Å²) in [5, 5.41) is 2.71. The molecule has 1 aliphatic heterocycles. The minimum absolute atomic E-state index is 0.0734. The normalized spacial score (nSPS) is 18.2. The van der Waals surface area contributed by atoms with Gasteiger partial charge in [0.2, 0.25) is 0 Å². The third-order valence-electron chi connectivity index (χ3n) is 7.09. The molecular weight excluding hydrogens is 501 g/mol. The summed E-state index contributed by atoms with van der Waals surface area (Å²) in [6, 6.07) is 6.42. The molecule has 2 fully saturated rings. The monoisotopic (exact) mass is 537 g/mol. The number of nitrogens with zero attached hydrogens (tertiary/aromatic N) is 4. The van der Waals surface area contributed by atoms with Gasteiger partial charge in [0.15, 0.2) is 0 Å². The summed E-state index contributed by atoms with van der Waals surface area (Å²) in [4.78, 5) is 34.0. The van der Waals surface area contributed by atoms with E-state index in [9.17, 15) is 9.59 Å². The van der Waals surface area contributed by atoms with Gasteiger partial charge in [-0.25, -0.2) is 14.2 Å². The van der Waals surface area contributed by atoms with Crippen molar-refractivity contribution in [2.24, 2.45) is 0 Å².